The molecule has 1 aliphatic rings. The van der Waals surface area contributed by atoms with E-state index in [2.05, 4.69) is 16.9 Å². The van der Waals surface area contributed by atoms with Gasteiger partial charge in [-0.2, -0.15) is 5.10 Å². The van der Waals surface area contributed by atoms with Gasteiger partial charge in [0.05, 0.1) is 24.4 Å². The van der Waals surface area contributed by atoms with Crippen molar-refractivity contribution in [3.63, 3.8) is 0 Å². The van der Waals surface area contributed by atoms with Gasteiger partial charge in [0.15, 0.2) is 0 Å². The fourth-order valence-corrected chi connectivity index (χ4v) is 3.67. The van der Waals surface area contributed by atoms with Crippen LogP contribution in [0.4, 0.5) is 0 Å². The molecule has 2 N–H and O–H groups in total. The molecule has 1 aliphatic carbocycles. The highest BCUT2D eigenvalue weighted by Crippen LogP contribution is 2.35. The molecular weight excluding hydrogens is 252 g/mol. The van der Waals surface area contributed by atoms with Gasteiger partial charge in [0.2, 0.25) is 5.88 Å². The number of ether oxygens (including phenoxy) is 1. The van der Waals surface area contributed by atoms with Gasteiger partial charge in [0.25, 0.3) is 0 Å². The number of likely N-dealkylation sites (N-methyl/N-ethyl adjacent to an activating group) is 1. The maximum Gasteiger partial charge on any atom is 0.216 e. The van der Waals surface area contributed by atoms with Gasteiger partial charge in [0, 0.05) is 19.6 Å². The van der Waals surface area contributed by atoms with Crippen molar-refractivity contribution >= 4 is 0 Å². The minimum atomic E-state index is 0.201. The fraction of sp³-hybridized carbons (Fsp3) is 0.800. The van der Waals surface area contributed by atoms with Gasteiger partial charge in [-0.1, -0.05) is 19.8 Å². The molecule has 0 bridgehead atoms. The lowest BCUT2D eigenvalue weighted by atomic mass is 10.0. The number of aromatic nitrogens is 2. The maximum atomic E-state index is 6.12. The zero-order valence-electron chi connectivity index (χ0n) is 13.2. The van der Waals surface area contributed by atoms with Gasteiger partial charge in [-0.25, -0.2) is 4.68 Å². The van der Waals surface area contributed by atoms with Crippen LogP contribution in [0.5, 0.6) is 5.88 Å². The molecule has 1 aromatic heterocycles. The second-order valence-corrected chi connectivity index (χ2v) is 5.65. The molecule has 2 rings (SSSR count). The van der Waals surface area contributed by atoms with Gasteiger partial charge in [-0.05, 0) is 26.3 Å². The highest BCUT2D eigenvalue weighted by molar-refractivity contribution is 5.34. The molecular formula is C15H28N4O. The van der Waals surface area contributed by atoms with Crippen LogP contribution in [0.25, 0.3) is 0 Å². The minimum Gasteiger partial charge on any atom is -0.481 e. The second-order valence-electron chi connectivity index (χ2n) is 5.65. The van der Waals surface area contributed by atoms with Crippen molar-refractivity contribution in [2.75, 3.05) is 20.2 Å². The second kappa shape index (κ2) is 6.59. The summed E-state index contributed by atoms with van der Waals surface area (Å²) in [6.07, 6.45) is 5.24. The zero-order valence-corrected chi connectivity index (χ0v) is 13.2. The van der Waals surface area contributed by atoms with Gasteiger partial charge < -0.3 is 10.5 Å². The first-order chi connectivity index (χ1) is 9.63. The molecule has 0 saturated heterocycles. The smallest absolute Gasteiger partial charge is 0.216 e. The van der Waals surface area contributed by atoms with Crippen molar-refractivity contribution in [1.29, 1.82) is 0 Å². The summed E-state index contributed by atoms with van der Waals surface area (Å²) in [5.41, 5.74) is 8.30. The molecule has 1 unspecified atom stereocenters. The van der Waals surface area contributed by atoms with E-state index in [4.69, 9.17) is 10.5 Å². The van der Waals surface area contributed by atoms with E-state index >= 15 is 0 Å². The first-order valence-corrected chi connectivity index (χ1v) is 7.67. The number of nitrogens with zero attached hydrogens (tertiary/aromatic N) is 3. The van der Waals surface area contributed by atoms with Crippen molar-refractivity contribution < 1.29 is 4.74 Å². The van der Waals surface area contributed by atoms with E-state index < -0.39 is 0 Å². The molecule has 0 amide bonds. The highest BCUT2D eigenvalue weighted by atomic mass is 16.5. The number of hydrogen-bond donors (Lipinski definition) is 1. The molecule has 114 valence electrons. The van der Waals surface area contributed by atoms with Gasteiger partial charge >= 0.3 is 0 Å². The Balaban J connectivity index is 2.35. The van der Waals surface area contributed by atoms with Crippen LogP contribution in [0, 0.1) is 6.92 Å². The lowest BCUT2D eigenvalue weighted by Gasteiger charge is -2.35. The van der Waals surface area contributed by atoms with Crippen LogP contribution in [0.2, 0.25) is 0 Å². The predicted octanol–water partition coefficient (Wildman–Crippen LogP) is 2.00. The summed E-state index contributed by atoms with van der Waals surface area (Å²) in [5, 5.41) is 4.50. The first-order valence-electron chi connectivity index (χ1n) is 7.67. The average molecular weight is 280 g/mol. The average Bonchev–Trinajstić information content (AvgIpc) is 3.04. The molecule has 20 heavy (non-hydrogen) atoms. The first kappa shape index (κ1) is 15.3. The molecule has 1 heterocycles. The summed E-state index contributed by atoms with van der Waals surface area (Å²) in [4.78, 5) is 2.54. The van der Waals surface area contributed by atoms with Crippen LogP contribution in [-0.4, -0.2) is 40.9 Å². The Kier molecular flexibility index (Phi) is 5.05. The van der Waals surface area contributed by atoms with Crippen molar-refractivity contribution in [3.8, 4) is 5.88 Å². The third kappa shape index (κ3) is 2.69. The molecule has 1 fully saturated rings. The lowest BCUT2D eigenvalue weighted by Crippen LogP contribution is -2.40. The molecule has 1 saturated carbocycles. The number of rotatable bonds is 6. The van der Waals surface area contributed by atoms with E-state index in [0.29, 0.717) is 12.6 Å². The molecule has 5 heteroatoms. The standard InChI is InChI=1S/C15H28N4O/c1-5-19(12-8-6-7-9-12)13(10-16)14-11(2)17-18(3)15(14)20-4/h12-13H,5-10,16H2,1-4H3. The zero-order chi connectivity index (χ0) is 14.7. The van der Waals surface area contributed by atoms with Crippen molar-refractivity contribution in [3.05, 3.63) is 11.3 Å². The van der Waals surface area contributed by atoms with E-state index in [-0.39, 0.29) is 6.04 Å². The van der Waals surface area contributed by atoms with Gasteiger partial charge in [-0.3, -0.25) is 4.90 Å². The summed E-state index contributed by atoms with van der Waals surface area (Å²) in [6.45, 7) is 5.89. The van der Waals surface area contributed by atoms with Gasteiger partial charge in [0.1, 0.15) is 0 Å². The summed E-state index contributed by atoms with van der Waals surface area (Å²) in [6, 6.07) is 0.851. The lowest BCUT2D eigenvalue weighted by molar-refractivity contribution is 0.144. The fourth-order valence-electron chi connectivity index (χ4n) is 3.67. The van der Waals surface area contributed by atoms with Crippen LogP contribution >= 0.6 is 0 Å². The molecule has 1 atom stereocenters. The summed E-state index contributed by atoms with van der Waals surface area (Å²) >= 11 is 0. The van der Waals surface area contributed by atoms with Crippen molar-refractivity contribution in [2.45, 2.75) is 51.6 Å². The van der Waals surface area contributed by atoms with Gasteiger partial charge in [-0.15, -0.1) is 0 Å². The Labute approximate surface area is 122 Å². The quantitative estimate of drug-likeness (QED) is 0.866. The highest BCUT2D eigenvalue weighted by Gasteiger charge is 2.32. The predicted molar refractivity (Wildman–Crippen MR) is 80.9 cm³/mol. The van der Waals surface area contributed by atoms with E-state index in [1.165, 1.54) is 25.7 Å². The Morgan fingerprint density at radius 2 is 2.10 bits per heavy atom. The third-order valence-corrected chi connectivity index (χ3v) is 4.52. The monoisotopic (exact) mass is 280 g/mol. The SMILES string of the molecule is CCN(C1CCCC1)C(CN)c1c(C)nn(C)c1OC. The topological polar surface area (TPSA) is 56.3 Å². The minimum absolute atomic E-state index is 0.201. The summed E-state index contributed by atoms with van der Waals surface area (Å²) in [7, 11) is 3.63. The third-order valence-electron chi connectivity index (χ3n) is 4.52. The molecule has 0 radical (unpaired) electrons. The number of methoxy groups -OCH3 is 1. The Bertz CT molecular complexity index is 437. The summed E-state index contributed by atoms with van der Waals surface area (Å²) < 4.78 is 7.37. The van der Waals surface area contributed by atoms with E-state index in [1.807, 2.05) is 18.7 Å². The Hall–Kier alpha value is -1.07. The molecule has 1 aromatic rings. The Morgan fingerprint density at radius 3 is 2.60 bits per heavy atom. The van der Waals surface area contributed by atoms with Crippen molar-refractivity contribution in [2.24, 2.45) is 12.8 Å². The van der Waals surface area contributed by atoms with Crippen LogP contribution in [0.1, 0.15) is 49.9 Å². The number of nitrogens with two attached hydrogens (primary N) is 1. The number of hydrogen-bond acceptors (Lipinski definition) is 4. The van der Waals surface area contributed by atoms with Crippen LogP contribution in [0.3, 0.4) is 0 Å². The van der Waals surface area contributed by atoms with E-state index in [1.54, 1.807) is 7.11 Å². The van der Waals surface area contributed by atoms with Crippen LogP contribution in [-0.2, 0) is 7.05 Å². The summed E-state index contributed by atoms with van der Waals surface area (Å²) in [5.74, 6) is 0.842. The molecule has 0 aromatic carbocycles. The molecule has 0 aliphatic heterocycles. The van der Waals surface area contributed by atoms with E-state index in [0.717, 1.165) is 23.7 Å². The largest absolute Gasteiger partial charge is 0.481 e. The normalized spacial score (nSPS) is 17.9. The van der Waals surface area contributed by atoms with Crippen molar-refractivity contribution in [1.82, 2.24) is 14.7 Å². The maximum absolute atomic E-state index is 6.12. The van der Waals surface area contributed by atoms with Crippen LogP contribution < -0.4 is 10.5 Å². The van der Waals surface area contributed by atoms with E-state index in [9.17, 15) is 0 Å². The molecule has 0 spiro atoms. The number of aryl methyl sites for hydroxylation is 2. The Morgan fingerprint density at radius 1 is 1.45 bits per heavy atom. The molecule has 5 nitrogen and oxygen atoms in total. The van der Waals surface area contributed by atoms with Crippen LogP contribution in [0.15, 0.2) is 0 Å².